The summed E-state index contributed by atoms with van der Waals surface area (Å²) in [5, 5.41) is 2.68. The maximum Gasteiger partial charge on any atom is 0.310 e. The van der Waals surface area contributed by atoms with E-state index >= 15 is 0 Å². The molecule has 1 saturated carbocycles. The Bertz CT molecular complexity index is 988. The number of para-hydroxylation sites is 2. The summed E-state index contributed by atoms with van der Waals surface area (Å²) in [6.07, 6.45) is 3.78. The van der Waals surface area contributed by atoms with E-state index in [1.807, 2.05) is 0 Å². The van der Waals surface area contributed by atoms with Gasteiger partial charge in [0.25, 0.3) is 11.8 Å². The van der Waals surface area contributed by atoms with Crippen LogP contribution in [0.5, 0.6) is 5.75 Å². The van der Waals surface area contributed by atoms with Gasteiger partial charge in [-0.1, -0.05) is 31.4 Å². The van der Waals surface area contributed by atoms with Crippen molar-refractivity contribution < 1.29 is 32.3 Å². The molecule has 0 bridgehead atoms. The number of rotatable bonds is 6. The van der Waals surface area contributed by atoms with Crippen LogP contribution in [-0.4, -0.2) is 67.4 Å². The standard InChI is InChI=1S/C22H28N2O7S/c25-20(24(15-6-2-1-3-7-15)16-10-11-32(28,29)14-16)13-30-21(26)12-19-22(27)23-17-8-4-5-9-18(17)31-19/h4-5,8-9,15-16,19H,1-3,6-7,10-14H2,(H,23,27). The van der Waals surface area contributed by atoms with Crippen molar-refractivity contribution in [1.29, 1.82) is 0 Å². The predicted octanol–water partition coefficient (Wildman–Crippen LogP) is 1.67. The Morgan fingerprint density at radius 3 is 2.56 bits per heavy atom. The van der Waals surface area contributed by atoms with E-state index in [-0.39, 0.29) is 35.9 Å². The number of esters is 1. The number of benzene rings is 1. The second kappa shape index (κ2) is 9.48. The van der Waals surface area contributed by atoms with E-state index in [4.69, 9.17) is 9.47 Å². The lowest BCUT2D eigenvalue weighted by atomic mass is 9.93. The van der Waals surface area contributed by atoms with Gasteiger partial charge in [0.2, 0.25) is 0 Å². The number of anilines is 1. The molecule has 0 radical (unpaired) electrons. The number of sulfone groups is 1. The summed E-state index contributed by atoms with van der Waals surface area (Å²) < 4.78 is 34.7. The van der Waals surface area contributed by atoms with E-state index in [0.29, 0.717) is 17.9 Å². The van der Waals surface area contributed by atoms with Gasteiger partial charge in [0.15, 0.2) is 22.5 Å². The van der Waals surface area contributed by atoms with E-state index < -0.39 is 34.4 Å². The normalized spacial score (nSPS) is 24.7. The Labute approximate surface area is 187 Å². The highest BCUT2D eigenvalue weighted by atomic mass is 32.2. The molecular weight excluding hydrogens is 436 g/mol. The molecule has 174 valence electrons. The Kier molecular flexibility index (Phi) is 6.68. The maximum atomic E-state index is 13.0. The third-order valence-corrected chi connectivity index (χ3v) is 8.02. The van der Waals surface area contributed by atoms with Crippen molar-refractivity contribution in [3.63, 3.8) is 0 Å². The summed E-state index contributed by atoms with van der Waals surface area (Å²) in [5.41, 5.74) is 0.534. The SMILES string of the molecule is O=C(CC1Oc2ccccc2NC1=O)OCC(=O)N(C1CCCCC1)C1CCS(=O)(=O)C1. The molecule has 1 aromatic rings. The quantitative estimate of drug-likeness (QED) is 0.636. The monoisotopic (exact) mass is 464 g/mol. The second-order valence-electron chi connectivity index (χ2n) is 8.61. The van der Waals surface area contributed by atoms with E-state index in [2.05, 4.69) is 5.32 Å². The van der Waals surface area contributed by atoms with Gasteiger partial charge >= 0.3 is 5.97 Å². The minimum atomic E-state index is -3.16. The number of hydrogen-bond donors (Lipinski definition) is 1. The lowest BCUT2D eigenvalue weighted by molar-refractivity contribution is -0.156. The van der Waals surface area contributed by atoms with Crippen LogP contribution >= 0.6 is 0 Å². The Morgan fingerprint density at radius 2 is 1.84 bits per heavy atom. The molecule has 2 heterocycles. The smallest absolute Gasteiger partial charge is 0.310 e. The molecule has 0 aromatic heterocycles. The lowest BCUT2D eigenvalue weighted by Crippen LogP contribution is -2.50. The number of nitrogens with one attached hydrogen (secondary N) is 1. The van der Waals surface area contributed by atoms with Crippen LogP contribution in [0.2, 0.25) is 0 Å². The Morgan fingerprint density at radius 1 is 1.09 bits per heavy atom. The zero-order valence-electron chi connectivity index (χ0n) is 17.8. The van der Waals surface area contributed by atoms with Crippen molar-refractivity contribution in [1.82, 2.24) is 4.90 Å². The Balaban J connectivity index is 1.35. The van der Waals surface area contributed by atoms with Crippen LogP contribution in [0.4, 0.5) is 5.69 Å². The summed E-state index contributed by atoms with van der Waals surface area (Å²) in [4.78, 5) is 39.2. The van der Waals surface area contributed by atoms with Crippen LogP contribution < -0.4 is 10.1 Å². The summed E-state index contributed by atoms with van der Waals surface area (Å²) >= 11 is 0. The fraction of sp³-hybridized carbons (Fsp3) is 0.591. The number of ether oxygens (including phenoxy) is 2. The molecule has 2 atom stereocenters. The first kappa shape index (κ1) is 22.6. The average molecular weight is 465 g/mol. The van der Waals surface area contributed by atoms with Crippen LogP contribution in [0.3, 0.4) is 0 Å². The fourth-order valence-corrected chi connectivity index (χ4v) is 6.42. The van der Waals surface area contributed by atoms with E-state index in [9.17, 15) is 22.8 Å². The minimum Gasteiger partial charge on any atom is -0.478 e. The van der Waals surface area contributed by atoms with Crippen molar-refractivity contribution >= 4 is 33.3 Å². The van der Waals surface area contributed by atoms with Crippen LogP contribution in [0.15, 0.2) is 24.3 Å². The molecule has 2 fully saturated rings. The molecule has 0 spiro atoms. The number of nitrogens with zero attached hydrogens (tertiary/aromatic N) is 1. The summed E-state index contributed by atoms with van der Waals surface area (Å²) in [5.74, 6) is -1.06. The molecular formula is C22H28N2O7S. The molecule has 2 amide bonds. The minimum absolute atomic E-state index is 0.0304. The molecule has 3 aliphatic rings. The fourth-order valence-electron chi connectivity index (χ4n) is 4.71. The first-order valence-electron chi connectivity index (χ1n) is 11.1. The van der Waals surface area contributed by atoms with Gasteiger partial charge < -0.3 is 19.7 Å². The van der Waals surface area contributed by atoms with Crippen LogP contribution in [-0.2, 0) is 29.0 Å². The third kappa shape index (κ3) is 5.23. The molecule has 32 heavy (non-hydrogen) atoms. The second-order valence-corrected chi connectivity index (χ2v) is 10.8. The van der Waals surface area contributed by atoms with Gasteiger partial charge in [0.1, 0.15) is 5.75 Å². The summed E-state index contributed by atoms with van der Waals surface area (Å²) in [6.45, 7) is -0.475. The largest absolute Gasteiger partial charge is 0.478 e. The molecule has 1 aromatic carbocycles. The van der Waals surface area contributed by atoms with Crippen LogP contribution in [0.25, 0.3) is 0 Å². The average Bonchev–Trinajstić information content (AvgIpc) is 3.13. The van der Waals surface area contributed by atoms with E-state index in [1.165, 1.54) is 0 Å². The van der Waals surface area contributed by atoms with Gasteiger partial charge in [-0.05, 0) is 31.4 Å². The molecule has 4 rings (SSSR count). The molecule has 1 N–H and O–H groups in total. The lowest BCUT2D eigenvalue weighted by Gasteiger charge is -2.38. The highest BCUT2D eigenvalue weighted by Gasteiger charge is 2.39. The number of fused-ring (bicyclic) bond motifs is 1. The van der Waals surface area contributed by atoms with Crippen molar-refractivity contribution in [2.45, 2.75) is 63.1 Å². The topological polar surface area (TPSA) is 119 Å². The zero-order valence-corrected chi connectivity index (χ0v) is 18.6. The van der Waals surface area contributed by atoms with Gasteiger partial charge in [-0.3, -0.25) is 14.4 Å². The van der Waals surface area contributed by atoms with Gasteiger partial charge in [-0.2, -0.15) is 0 Å². The number of hydrogen-bond acceptors (Lipinski definition) is 7. The van der Waals surface area contributed by atoms with Crippen molar-refractivity contribution in [3.05, 3.63) is 24.3 Å². The summed E-state index contributed by atoms with van der Waals surface area (Å²) in [6, 6.07) is 6.50. The van der Waals surface area contributed by atoms with E-state index in [1.54, 1.807) is 29.2 Å². The first-order valence-corrected chi connectivity index (χ1v) is 12.9. The predicted molar refractivity (Wildman–Crippen MR) is 116 cm³/mol. The molecule has 2 unspecified atom stereocenters. The van der Waals surface area contributed by atoms with Crippen molar-refractivity contribution in [2.24, 2.45) is 0 Å². The highest BCUT2D eigenvalue weighted by molar-refractivity contribution is 7.91. The van der Waals surface area contributed by atoms with Gasteiger partial charge in [0.05, 0.1) is 23.6 Å². The molecule has 10 heteroatoms. The van der Waals surface area contributed by atoms with Gasteiger partial charge in [0, 0.05) is 12.1 Å². The molecule has 1 aliphatic carbocycles. The molecule has 1 saturated heterocycles. The molecule has 2 aliphatic heterocycles. The number of amides is 2. The van der Waals surface area contributed by atoms with Crippen molar-refractivity contribution in [3.8, 4) is 5.75 Å². The van der Waals surface area contributed by atoms with Gasteiger partial charge in [-0.15, -0.1) is 0 Å². The van der Waals surface area contributed by atoms with Crippen molar-refractivity contribution in [2.75, 3.05) is 23.4 Å². The highest BCUT2D eigenvalue weighted by Crippen LogP contribution is 2.30. The molecule has 9 nitrogen and oxygen atoms in total. The maximum absolute atomic E-state index is 13.0. The van der Waals surface area contributed by atoms with Crippen LogP contribution in [0.1, 0.15) is 44.9 Å². The Hall–Kier alpha value is -2.62. The third-order valence-electron chi connectivity index (χ3n) is 6.27. The van der Waals surface area contributed by atoms with Crippen LogP contribution in [0, 0.1) is 0 Å². The number of carbonyl (C=O) groups excluding carboxylic acids is 3. The number of carbonyl (C=O) groups is 3. The van der Waals surface area contributed by atoms with Gasteiger partial charge in [-0.25, -0.2) is 8.42 Å². The first-order chi connectivity index (χ1) is 15.3. The van der Waals surface area contributed by atoms with E-state index in [0.717, 1.165) is 32.1 Å². The zero-order chi connectivity index (χ0) is 22.7. The summed E-state index contributed by atoms with van der Waals surface area (Å²) in [7, 11) is -3.16.